The van der Waals surface area contributed by atoms with E-state index in [-0.39, 0.29) is 26.9 Å². The van der Waals surface area contributed by atoms with E-state index in [2.05, 4.69) is 9.82 Å². The molecule has 2 N–H and O–H groups in total. The highest BCUT2D eigenvalue weighted by Crippen LogP contribution is 2.28. The Bertz CT molecular complexity index is 1180. The fourth-order valence-corrected chi connectivity index (χ4v) is 3.63. The molecule has 0 aliphatic rings. The quantitative estimate of drug-likeness (QED) is 0.617. The highest BCUT2D eigenvalue weighted by Gasteiger charge is 2.33. The molecule has 29 heavy (non-hydrogen) atoms. The first-order valence-corrected chi connectivity index (χ1v) is 9.62. The van der Waals surface area contributed by atoms with Crippen LogP contribution in [0.1, 0.15) is 16.1 Å². The second-order valence-electron chi connectivity index (χ2n) is 5.74. The summed E-state index contributed by atoms with van der Waals surface area (Å²) in [6.07, 6.45) is -3.45. The van der Waals surface area contributed by atoms with Gasteiger partial charge in [0.2, 0.25) is 0 Å². The van der Waals surface area contributed by atoms with Gasteiger partial charge in [-0.1, -0.05) is 11.6 Å². The molecule has 12 heteroatoms. The summed E-state index contributed by atoms with van der Waals surface area (Å²) < 4.78 is 66.1. The number of alkyl halides is 3. The minimum Gasteiger partial charge on any atom is -0.478 e. The maximum absolute atomic E-state index is 12.6. The van der Waals surface area contributed by atoms with E-state index in [0.717, 1.165) is 35.1 Å². The van der Waals surface area contributed by atoms with E-state index in [1.165, 1.54) is 24.3 Å². The lowest BCUT2D eigenvalue weighted by Crippen LogP contribution is -2.14. The number of rotatable bonds is 5. The van der Waals surface area contributed by atoms with Gasteiger partial charge in [-0.2, -0.15) is 18.3 Å². The number of nitrogens with one attached hydrogen (secondary N) is 1. The monoisotopic (exact) mass is 445 g/mol. The van der Waals surface area contributed by atoms with Crippen LogP contribution >= 0.6 is 11.6 Å². The first-order valence-electron chi connectivity index (χ1n) is 7.76. The van der Waals surface area contributed by atoms with Gasteiger partial charge in [-0.25, -0.2) is 17.9 Å². The molecule has 0 amide bonds. The third kappa shape index (κ3) is 4.51. The fourth-order valence-electron chi connectivity index (χ4n) is 2.35. The number of carboxylic acids is 1. The molecular weight excluding hydrogens is 435 g/mol. The number of aromatic nitrogens is 2. The summed E-state index contributed by atoms with van der Waals surface area (Å²) in [4.78, 5) is 10.8. The van der Waals surface area contributed by atoms with Crippen molar-refractivity contribution in [3.05, 3.63) is 71.0 Å². The summed E-state index contributed by atoms with van der Waals surface area (Å²) in [5, 5.41) is 12.4. The summed E-state index contributed by atoms with van der Waals surface area (Å²) in [5.41, 5.74) is -1.03. The van der Waals surface area contributed by atoms with Crippen molar-refractivity contribution in [2.75, 3.05) is 4.72 Å². The number of hydrogen-bond acceptors (Lipinski definition) is 4. The molecule has 0 saturated heterocycles. The molecular formula is C17H11ClF3N3O4S. The highest BCUT2D eigenvalue weighted by molar-refractivity contribution is 7.92. The predicted molar refractivity (Wildman–Crippen MR) is 97.8 cm³/mol. The van der Waals surface area contributed by atoms with Gasteiger partial charge in [-0.3, -0.25) is 4.72 Å². The Kier molecular flexibility index (Phi) is 5.28. The molecule has 1 heterocycles. The van der Waals surface area contributed by atoms with Crippen LogP contribution in [0.5, 0.6) is 0 Å². The van der Waals surface area contributed by atoms with E-state index in [1.54, 1.807) is 0 Å². The SMILES string of the molecule is O=C(O)c1cc(S(=O)(=O)Nc2ccc(-n3ccc(C(F)(F)F)n3)cc2)ccc1Cl. The van der Waals surface area contributed by atoms with Crippen LogP contribution in [-0.4, -0.2) is 29.3 Å². The van der Waals surface area contributed by atoms with Crippen LogP contribution in [0.25, 0.3) is 5.69 Å². The van der Waals surface area contributed by atoms with E-state index in [4.69, 9.17) is 16.7 Å². The Morgan fingerprint density at radius 3 is 2.31 bits per heavy atom. The number of hydrogen-bond donors (Lipinski definition) is 2. The molecule has 0 fully saturated rings. The number of aromatic carboxylic acids is 1. The lowest BCUT2D eigenvalue weighted by atomic mass is 10.2. The molecule has 3 rings (SSSR count). The van der Waals surface area contributed by atoms with E-state index in [9.17, 15) is 26.4 Å². The molecule has 3 aromatic rings. The lowest BCUT2D eigenvalue weighted by Gasteiger charge is -2.10. The Labute approximate surface area is 167 Å². The maximum Gasteiger partial charge on any atom is 0.435 e. The van der Waals surface area contributed by atoms with Crippen molar-refractivity contribution in [1.29, 1.82) is 0 Å². The number of benzene rings is 2. The fraction of sp³-hybridized carbons (Fsp3) is 0.0588. The molecule has 0 aliphatic heterocycles. The predicted octanol–water partition coefficient (Wildman–Crippen LogP) is 4.04. The molecule has 152 valence electrons. The van der Waals surface area contributed by atoms with Crippen molar-refractivity contribution in [2.45, 2.75) is 11.1 Å². The minimum atomic E-state index is -4.58. The summed E-state index contributed by atoms with van der Waals surface area (Å²) in [7, 11) is -4.12. The Morgan fingerprint density at radius 1 is 1.10 bits per heavy atom. The van der Waals surface area contributed by atoms with Crippen LogP contribution in [0.4, 0.5) is 18.9 Å². The first kappa shape index (κ1) is 20.7. The van der Waals surface area contributed by atoms with Crippen LogP contribution in [0.15, 0.2) is 59.6 Å². The molecule has 0 radical (unpaired) electrons. The van der Waals surface area contributed by atoms with Gasteiger partial charge < -0.3 is 5.11 Å². The van der Waals surface area contributed by atoms with Crippen molar-refractivity contribution in [3.8, 4) is 5.69 Å². The van der Waals surface area contributed by atoms with Crippen LogP contribution in [0, 0.1) is 0 Å². The van der Waals surface area contributed by atoms with Crippen molar-refractivity contribution in [1.82, 2.24) is 9.78 Å². The number of anilines is 1. The van der Waals surface area contributed by atoms with Gasteiger partial charge in [0.1, 0.15) is 0 Å². The Balaban J connectivity index is 1.83. The number of sulfonamides is 1. The van der Waals surface area contributed by atoms with Crippen LogP contribution < -0.4 is 4.72 Å². The van der Waals surface area contributed by atoms with Crippen LogP contribution in [-0.2, 0) is 16.2 Å². The van der Waals surface area contributed by atoms with Crippen molar-refractivity contribution < 1.29 is 31.5 Å². The second-order valence-corrected chi connectivity index (χ2v) is 7.83. The van der Waals surface area contributed by atoms with Gasteiger partial charge in [-0.15, -0.1) is 0 Å². The summed E-state index contributed by atoms with van der Waals surface area (Å²) in [6.45, 7) is 0. The molecule has 1 aromatic heterocycles. The molecule has 0 spiro atoms. The third-order valence-corrected chi connectivity index (χ3v) is 5.45. The van der Waals surface area contributed by atoms with E-state index in [1.807, 2.05) is 0 Å². The van der Waals surface area contributed by atoms with Crippen molar-refractivity contribution in [2.24, 2.45) is 0 Å². The number of nitrogens with zero attached hydrogens (tertiary/aromatic N) is 2. The van der Waals surface area contributed by atoms with Gasteiger partial charge in [0.15, 0.2) is 5.69 Å². The van der Waals surface area contributed by atoms with Crippen LogP contribution in [0.3, 0.4) is 0 Å². The van der Waals surface area contributed by atoms with E-state index >= 15 is 0 Å². The van der Waals surface area contributed by atoms with Gasteiger partial charge in [0, 0.05) is 11.9 Å². The smallest absolute Gasteiger partial charge is 0.435 e. The van der Waals surface area contributed by atoms with E-state index < -0.39 is 27.9 Å². The Hall–Kier alpha value is -3.05. The average molecular weight is 446 g/mol. The third-order valence-electron chi connectivity index (χ3n) is 3.74. The van der Waals surface area contributed by atoms with Crippen molar-refractivity contribution in [3.63, 3.8) is 0 Å². The van der Waals surface area contributed by atoms with Crippen LogP contribution in [0.2, 0.25) is 5.02 Å². The van der Waals surface area contributed by atoms with Gasteiger partial charge >= 0.3 is 12.1 Å². The summed E-state index contributed by atoms with van der Waals surface area (Å²) in [5.74, 6) is -1.38. The van der Waals surface area contributed by atoms with E-state index in [0.29, 0.717) is 0 Å². The highest BCUT2D eigenvalue weighted by atomic mass is 35.5. The molecule has 0 bridgehead atoms. The molecule has 7 nitrogen and oxygen atoms in total. The van der Waals surface area contributed by atoms with Gasteiger partial charge in [0.25, 0.3) is 10.0 Å². The largest absolute Gasteiger partial charge is 0.478 e. The zero-order chi connectivity index (χ0) is 21.4. The summed E-state index contributed by atoms with van der Waals surface area (Å²) in [6, 6.07) is 9.43. The maximum atomic E-state index is 12.6. The number of carboxylic acid groups (broad SMARTS) is 1. The number of halogens is 4. The van der Waals surface area contributed by atoms with Crippen molar-refractivity contribution >= 4 is 33.3 Å². The molecule has 0 atom stereocenters. The molecule has 2 aromatic carbocycles. The first-order chi connectivity index (χ1) is 13.5. The topological polar surface area (TPSA) is 101 Å². The number of carbonyl (C=O) groups is 1. The second kappa shape index (κ2) is 7.41. The minimum absolute atomic E-state index is 0.113. The normalized spacial score (nSPS) is 12.0. The standard InChI is InChI=1S/C17H11ClF3N3O4S/c18-14-6-5-12(9-13(14)16(25)26)29(27,28)23-10-1-3-11(4-2-10)24-8-7-15(22-24)17(19,20)21/h1-9,23H,(H,25,26). The van der Waals surface area contributed by atoms with Gasteiger partial charge in [-0.05, 0) is 48.5 Å². The zero-order valence-corrected chi connectivity index (χ0v) is 15.8. The molecule has 0 unspecified atom stereocenters. The Morgan fingerprint density at radius 2 is 1.76 bits per heavy atom. The molecule has 0 aliphatic carbocycles. The van der Waals surface area contributed by atoms with Gasteiger partial charge in [0.05, 0.1) is 21.2 Å². The lowest BCUT2D eigenvalue weighted by molar-refractivity contribution is -0.141. The summed E-state index contributed by atoms with van der Waals surface area (Å²) >= 11 is 5.73. The molecule has 0 saturated carbocycles. The zero-order valence-electron chi connectivity index (χ0n) is 14.2. The average Bonchev–Trinajstić information content (AvgIpc) is 3.12.